The fraction of sp³-hybridized carbons (Fsp3) is 0.364. The van der Waals surface area contributed by atoms with Gasteiger partial charge in [-0.1, -0.05) is 29.8 Å². The number of likely N-dealkylation sites (tertiary alicyclic amines) is 1. The molecule has 0 bridgehead atoms. The Hall–Kier alpha value is -2.57. The molecule has 0 unspecified atom stereocenters. The first-order chi connectivity index (χ1) is 14.1. The van der Waals surface area contributed by atoms with Gasteiger partial charge >= 0.3 is 0 Å². The highest BCUT2D eigenvalue weighted by molar-refractivity contribution is 6.30. The molecule has 2 aromatic rings. The van der Waals surface area contributed by atoms with Crippen LogP contribution in [0.5, 0.6) is 0 Å². The first-order valence-corrected chi connectivity index (χ1v) is 10.3. The molecular formula is C22H25ClN4O2. The number of carbonyl (C=O) groups excluding carboxylic acids is 2. The van der Waals surface area contributed by atoms with Crippen LogP contribution < -0.4 is 15.5 Å². The van der Waals surface area contributed by atoms with Crippen LogP contribution in [0.1, 0.15) is 23.2 Å². The maximum absolute atomic E-state index is 12.7. The second kappa shape index (κ2) is 8.43. The molecule has 2 heterocycles. The highest BCUT2D eigenvalue weighted by Gasteiger charge is 2.50. The Kier molecular flexibility index (Phi) is 5.74. The van der Waals surface area contributed by atoms with E-state index in [4.69, 9.17) is 11.6 Å². The molecule has 2 saturated heterocycles. The highest BCUT2D eigenvalue weighted by atomic mass is 35.5. The molecule has 4 rings (SSSR count). The fourth-order valence-corrected chi connectivity index (χ4v) is 4.34. The van der Waals surface area contributed by atoms with Gasteiger partial charge in [-0.25, -0.2) is 0 Å². The Balaban J connectivity index is 1.30. The molecule has 0 aromatic heterocycles. The quantitative estimate of drug-likeness (QED) is 0.792. The van der Waals surface area contributed by atoms with Crippen LogP contribution in [-0.2, 0) is 4.79 Å². The monoisotopic (exact) mass is 412 g/mol. The third-order valence-corrected chi connectivity index (χ3v) is 6.16. The van der Waals surface area contributed by atoms with Crippen LogP contribution in [0.2, 0.25) is 5.02 Å². The fourth-order valence-electron chi connectivity index (χ4n) is 4.21. The molecule has 2 fully saturated rings. The number of halogens is 1. The van der Waals surface area contributed by atoms with Gasteiger partial charge in [-0.2, -0.15) is 0 Å². The third kappa shape index (κ3) is 4.09. The van der Waals surface area contributed by atoms with Gasteiger partial charge in [0.05, 0.1) is 6.67 Å². The number of hydrogen-bond donors (Lipinski definition) is 2. The highest BCUT2D eigenvalue weighted by Crippen LogP contribution is 2.35. The molecule has 2 amide bonds. The zero-order chi connectivity index (χ0) is 20.3. The smallest absolute Gasteiger partial charge is 0.251 e. The van der Waals surface area contributed by atoms with Gasteiger partial charge < -0.3 is 20.4 Å². The second-order valence-corrected chi connectivity index (χ2v) is 8.00. The summed E-state index contributed by atoms with van der Waals surface area (Å²) in [6, 6.07) is 17.0. The number of anilines is 1. The Labute approximate surface area is 175 Å². The van der Waals surface area contributed by atoms with E-state index >= 15 is 0 Å². The van der Waals surface area contributed by atoms with Crippen LogP contribution in [0, 0.1) is 0 Å². The van der Waals surface area contributed by atoms with E-state index in [2.05, 4.69) is 32.6 Å². The molecule has 2 aliphatic rings. The molecule has 6 nitrogen and oxygen atoms in total. The summed E-state index contributed by atoms with van der Waals surface area (Å²) in [5.74, 6) is 0.0256. The van der Waals surface area contributed by atoms with Crippen molar-refractivity contribution in [3.63, 3.8) is 0 Å². The summed E-state index contributed by atoms with van der Waals surface area (Å²) in [6.45, 7) is 3.55. The summed E-state index contributed by atoms with van der Waals surface area (Å²) in [6.07, 6.45) is 1.55. The van der Waals surface area contributed by atoms with Crippen molar-refractivity contribution in [3.8, 4) is 0 Å². The van der Waals surface area contributed by atoms with E-state index in [0.29, 0.717) is 23.8 Å². The molecule has 7 heteroatoms. The Morgan fingerprint density at radius 2 is 1.76 bits per heavy atom. The Morgan fingerprint density at radius 3 is 2.45 bits per heavy atom. The van der Waals surface area contributed by atoms with Gasteiger partial charge in [-0.3, -0.25) is 9.59 Å². The number of piperidine rings is 1. The Morgan fingerprint density at radius 1 is 1.07 bits per heavy atom. The zero-order valence-corrected chi connectivity index (χ0v) is 17.0. The summed E-state index contributed by atoms with van der Waals surface area (Å²) in [5.41, 5.74) is 1.22. The van der Waals surface area contributed by atoms with Crippen molar-refractivity contribution in [2.45, 2.75) is 18.4 Å². The van der Waals surface area contributed by atoms with Crippen molar-refractivity contribution < 1.29 is 9.59 Å². The van der Waals surface area contributed by atoms with Gasteiger partial charge in [0.25, 0.3) is 5.91 Å². The number of rotatable bonds is 5. The average molecular weight is 413 g/mol. The minimum absolute atomic E-state index is 0.0967. The molecule has 2 aromatic carbocycles. The number of hydrogen-bond acceptors (Lipinski definition) is 4. The van der Waals surface area contributed by atoms with Crippen molar-refractivity contribution in [3.05, 3.63) is 65.2 Å². The maximum Gasteiger partial charge on any atom is 0.251 e. The minimum Gasteiger partial charge on any atom is -0.351 e. The van der Waals surface area contributed by atoms with Crippen LogP contribution in [0.15, 0.2) is 54.6 Å². The number of nitrogens with zero attached hydrogens (tertiary/aromatic N) is 2. The molecule has 2 N–H and O–H groups in total. The molecule has 152 valence electrons. The van der Waals surface area contributed by atoms with Crippen LogP contribution >= 0.6 is 11.6 Å². The Bertz CT molecular complexity index is 864. The predicted octanol–water partition coefficient (Wildman–Crippen LogP) is 2.50. The summed E-state index contributed by atoms with van der Waals surface area (Å²) in [7, 11) is 0. The van der Waals surface area contributed by atoms with E-state index in [1.165, 1.54) is 0 Å². The molecule has 2 aliphatic heterocycles. The predicted molar refractivity (Wildman–Crippen MR) is 114 cm³/mol. The number of benzene rings is 2. The lowest BCUT2D eigenvalue weighted by atomic mass is 9.85. The molecular weight excluding hydrogens is 388 g/mol. The summed E-state index contributed by atoms with van der Waals surface area (Å²) in [4.78, 5) is 29.4. The van der Waals surface area contributed by atoms with Crippen LogP contribution in [0.3, 0.4) is 0 Å². The van der Waals surface area contributed by atoms with E-state index < -0.39 is 5.54 Å². The van der Waals surface area contributed by atoms with Crippen molar-refractivity contribution in [1.29, 1.82) is 0 Å². The van der Waals surface area contributed by atoms with Crippen molar-refractivity contribution in [1.82, 2.24) is 15.5 Å². The molecule has 0 radical (unpaired) electrons. The minimum atomic E-state index is -0.468. The van der Waals surface area contributed by atoms with Crippen LogP contribution in [0.25, 0.3) is 0 Å². The van der Waals surface area contributed by atoms with E-state index in [9.17, 15) is 9.59 Å². The molecule has 0 atom stereocenters. The van der Waals surface area contributed by atoms with Gasteiger partial charge in [-0.15, -0.1) is 0 Å². The SMILES string of the molecule is O=C(NCCN1CCC2(CC1)C(=O)NCN2c1ccccc1)c1ccc(Cl)cc1. The summed E-state index contributed by atoms with van der Waals surface area (Å²) in [5, 5.41) is 6.60. The van der Waals surface area contributed by atoms with E-state index in [0.717, 1.165) is 38.2 Å². The summed E-state index contributed by atoms with van der Waals surface area (Å²) >= 11 is 5.86. The van der Waals surface area contributed by atoms with Gasteiger partial charge in [-0.05, 0) is 49.2 Å². The molecule has 29 heavy (non-hydrogen) atoms. The van der Waals surface area contributed by atoms with Gasteiger partial charge in [0.2, 0.25) is 5.91 Å². The van der Waals surface area contributed by atoms with Crippen LogP contribution in [0.4, 0.5) is 5.69 Å². The van der Waals surface area contributed by atoms with Gasteiger partial charge in [0.15, 0.2) is 0 Å². The van der Waals surface area contributed by atoms with E-state index in [1.54, 1.807) is 24.3 Å². The second-order valence-electron chi connectivity index (χ2n) is 7.56. The molecule has 0 saturated carbocycles. The topological polar surface area (TPSA) is 64.7 Å². The molecule has 1 spiro atoms. The number of carbonyl (C=O) groups is 2. The number of amides is 2. The standard InChI is InChI=1S/C22H25ClN4O2/c23-18-8-6-17(7-9-18)20(28)24-12-15-26-13-10-22(11-14-26)21(29)25-16-27(22)19-4-2-1-3-5-19/h1-9H,10-16H2,(H,24,28)(H,25,29). The first kappa shape index (κ1) is 19.7. The first-order valence-electron chi connectivity index (χ1n) is 9.96. The lowest BCUT2D eigenvalue weighted by Gasteiger charge is -2.43. The van der Waals surface area contributed by atoms with Gasteiger partial charge in [0.1, 0.15) is 5.54 Å². The van der Waals surface area contributed by atoms with Gasteiger partial charge in [0, 0.05) is 42.5 Å². The summed E-state index contributed by atoms with van der Waals surface area (Å²) < 4.78 is 0. The number of nitrogens with one attached hydrogen (secondary N) is 2. The lowest BCUT2D eigenvalue weighted by Crippen LogP contribution is -2.57. The lowest BCUT2D eigenvalue weighted by molar-refractivity contribution is -0.125. The number of para-hydroxylation sites is 1. The van der Waals surface area contributed by atoms with Crippen LogP contribution in [-0.4, -0.2) is 55.1 Å². The maximum atomic E-state index is 12.7. The average Bonchev–Trinajstić information content (AvgIpc) is 3.06. The third-order valence-electron chi connectivity index (χ3n) is 5.91. The normalized spacial score (nSPS) is 18.7. The molecule has 0 aliphatic carbocycles. The van der Waals surface area contributed by atoms with Crippen molar-refractivity contribution in [2.75, 3.05) is 37.7 Å². The zero-order valence-electron chi connectivity index (χ0n) is 16.2. The van der Waals surface area contributed by atoms with E-state index in [-0.39, 0.29) is 11.8 Å². The largest absolute Gasteiger partial charge is 0.351 e. The van der Waals surface area contributed by atoms with E-state index in [1.807, 2.05) is 18.2 Å². The van der Waals surface area contributed by atoms with Crippen molar-refractivity contribution >= 4 is 29.1 Å². The van der Waals surface area contributed by atoms with Crippen molar-refractivity contribution in [2.24, 2.45) is 0 Å².